The van der Waals surface area contributed by atoms with Crippen molar-refractivity contribution in [1.29, 1.82) is 0 Å². The summed E-state index contributed by atoms with van der Waals surface area (Å²) in [4.78, 5) is 7.88. The van der Waals surface area contributed by atoms with Gasteiger partial charge in [-0.05, 0) is 42.9 Å². The number of para-hydroxylation sites is 3. The van der Waals surface area contributed by atoms with Crippen molar-refractivity contribution in [2.75, 3.05) is 11.6 Å². The third-order valence-electron chi connectivity index (χ3n) is 3.65. The highest BCUT2D eigenvalue weighted by Gasteiger charge is 2.11. The Balaban J connectivity index is 1.68. The zero-order valence-corrected chi connectivity index (χ0v) is 13.7. The minimum atomic E-state index is 0.295. The van der Waals surface area contributed by atoms with E-state index in [-0.39, 0.29) is 0 Å². The number of hydrogen-bond donors (Lipinski definition) is 3. The molecule has 1 heterocycles. The number of fused-ring (bicyclic) bond motifs is 1. The molecule has 118 valence electrons. The van der Waals surface area contributed by atoms with Crippen LogP contribution in [-0.4, -0.2) is 21.6 Å². The average molecular weight is 325 g/mol. The number of H-pyrrole nitrogens is 1. The predicted molar refractivity (Wildman–Crippen MR) is 98.2 cm³/mol. The van der Waals surface area contributed by atoms with Gasteiger partial charge in [0.1, 0.15) is 5.82 Å². The van der Waals surface area contributed by atoms with E-state index in [1.165, 1.54) is 0 Å². The van der Waals surface area contributed by atoms with Crippen molar-refractivity contribution in [1.82, 2.24) is 15.4 Å². The summed E-state index contributed by atoms with van der Waals surface area (Å²) in [6.45, 7) is 2.70. The minimum Gasteiger partial charge on any atom is -0.375 e. The maximum atomic E-state index is 5.85. The summed E-state index contributed by atoms with van der Waals surface area (Å²) in [5, 5.41) is 2.04. The number of nitrogens with two attached hydrogens (primary N) is 1. The Labute approximate surface area is 140 Å². The molecule has 23 heavy (non-hydrogen) atoms. The van der Waals surface area contributed by atoms with Crippen LogP contribution in [0.25, 0.3) is 11.0 Å². The summed E-state index contributed by atoms with van der Waals surface area (Å²) in [5.41, 5.74) is 13.2. The smallest absolute Gasteiger partial charge is 0.185 e. The molecule has 6 heteroatoms. The SMILES string of the molecule is Cc1ccccc1N(NCCc1nc2ccccc2[nH]1)C(N)=S. The molecule has 3 rings (SSSR count). The van der Waals surface area contributed by atoms with E-state index in [1.54, 1.807) is 5.01 Å². The molecule has 0 unspecified atom stereocenters. The third kappa shape index (κ3) is 3.49. The zero-order valence-electron chi connectivity index (χ0n) is 12.9. The van der Waals surface area contributed by atoms with E-state index >= 15 is 0 Å². The number of aromatic amines is 1. The standard InChI is InChI=1S/C17H19N5S/c1-12-6-2-5-9-15(12)22(17(18)23)19-11-10-16-20-13-7-3-4-8-14(13)21-16/h2-9,19H,10-11H2,1H3,(H2,18,23)(H,20,21). The van der Waals surface area contributed by atoms with Crippen molar-refractivity contribution in [3.05, 3.63) is 59.9 Å². The van der Waals surface area contributed by atoms with Crippen LogP contribution in [0.4, 0.5) is 5.69 Å². The van der Waals surface area contributed by atoms with Gasteiger partial charge < -0.3 is 10.7 Å². The maximum absolute atomic E-state index is 5.85. The largest absolute Gasteiger partial charge is 0.375 e. The van der Waals surface area contributed by atoms with E-state index in [1.807, 2.05) is 55.5 Å². The second-order valence-corrected chi connectivity index (χ2v) is 5.74. The molecular weight excluding hydrogens is 306 g/mol. The Bertz CT molecular complexity index is 793. The van der Waals surface area contributed by atoms with Gasteiger partial charge in [0, 0.05) is 13.0 Å². The molecule has 0 atom stereocenters. The van der Waals surface area contributed by atoms with Crippen LogP contribution in [0.2, 0.25) is 0 Å². The highest BCUT2D eigenvalue weighted by molar-refractivity contribution is 7.80. The molecule has 0 radical (unpaired) electrons. The van der Waals surface area contributed by atoms with E-state index < -0.39 is 0 Å². The first-order valence-electron chi connectivity index (χ1n) is 7.47. The number of imidazole rings is 1. The van der Waals surface area contributed by atoms with Crippen LogP contribution in [0.3, 0.4) is 0 Å². The fraction of sp³-hybridized carbons (Fsp3) is 0.176. The van der Waals surface area contributed by atoms with Gasteiger partial charge >= 0.3 is 0 Å². The van der Waals surface area contributed by atoms with Gasteiger partial charge in [-0.3, -0.25) is 5.01 Å². The molecule has 0 saturated heterocycles. The van der Waals surface area contributed by atoms with Gasteiger partial charge in [0.2, 0.25) is 0 Å². The van der Waals surface area contributed by atoms with Crippen LogP contribution in [0, 0.1) is 6.92 Å². The summed E-state index contributed by atoms with van der Waals surface area (Å²) in [7, 11) is 0. The van der Waals surface area contributed by atoms with Crippen LogP contribution in [0.1, 0.15) is 11.4 Å². The van der Waals surface area contributed by atoms with Gasteiger partial charge in [0.25, 0.3) is 0 Å². The van der Waals surface area contributed by atoms with E-state index in [2.05, 4.69) is 15.4 Å². The van der Waals surface area contributed by atoms with Crippen molar-refractivity contribution in [2.24, 2.45) is 5.73 Å². The van der Waals surface area contributed by atoms with E-state index in [0.29, 0.717) is 11.7 Å². The van der Waals surface area contributed by atoms with E-state index in [0.717, 1.165) is 34.5 Å². The zero-order chi connectivity index (χ0) is 16.2. The molecule has 0 spiro atoms. The highest BCUT2D eigenvalue weighted by Crippen LogP contribution is 2.17. The van der Waals surface area contributed by atoms with Crippen molar-refractivity contribution >= 4 is 34.1 Å². The Morgan fingerprint density at radius 3 is 2.70 bits per heavy atom. The fourth-order valence-corrected chi connectivity index (χ4v) is 2.67. The van der Waals surface area contributed by atoms with Gasteiger partial charge in [-0.1, -0.05) is 30.3 Å². The van der Waals surface area contributed by atoms with Gasteiger partial charge in [-0.2, -0.15) is 0 Å². The number of benzene rings is 2. The lowest BCUT2D eigenvalue weighted by atomic mass is 10.2. The molecule has 0 bridgehead atoms. The second kappa shape index (κ2) is 6.76. The molecule has 2 aromatic carbocycles. The predicted octanol–water partition coefficient (Wildman–Crippen LogP) is 2.67. The van der Waals surface area contributed by atoms with Crippen molar-refractivity contribution in [2.45, 2.75) is 13.3 Å². The number of rotatable bonds is 5. The molecule has 0 fully saturated rings. The highest BCUT2D eigenvalue weighted by atomic mass is 32.1. The average Bonchev–Trinajstić information content (AvgIpc) is 2.95. The van der Waals surface area contributed by atoms with Crippen LogP contribution < -0.4 is 16.2 Å². The quantitative estimate of drug-likeness (QED) is 0.497. The normalized spacial score (nSPS) is 10.8. The first kappa shape index (κ1) is 15.5. The number of nitrogens with one attached hydrogen (secondary N) is 2. The lowest BCUT2D eigenvalue weighted by Gasteiger charge is -2.25. The molecule has 0 amide bonds. The lowest BCUT2D eigenvalue weighted by Crippen LogP contribution is -2.47. The van der Waals surface area contributed by atoms with E-state index in [4.69, 9.17) is 18.0 Å². The number of aryl methyl sites for hydroxylation is 1. The number of anilines is 1. The van der Waals surface area contributed by atoms with Gasteiger partial charge in [-0.15, -0.1) is 0 Å². The van der Waals surface area contributed by atoms with Crippen molar-refractivity contribution in [3.8, 4) is 0 Å². The molecule has 0 aliphatic heterocycles. The Morgan fingerprint density at radius 1 is 1.22 bits per heavy atom. The Hall–Kier alpha value is -2.44. The van der Waals surface area contributed by atoms with Crippen LogP contribution in [0.5, 0.6) is 0 Å². The number of nitrogens with zero attached hydrogens (tertiary/aromatic N) is 2. The lowest BCUT2D eigenvalue weighted by molar-refractivity contribution is 0.698. The summed E-state index contributed by atoms with van der Waals surface area (Å²) >= 11 is 5.16. The monoisotopic (exact) mass is 325 g/mol. The first-order valence-corrected chi connectivity index (χ1v) is 7.88. The summed E-state index contributed by atoms with van der Waals surface area (Å²) < 4.78 is 0. The summed E-state index contributed by atoms with van der Waals surface area (Å²) in [6.07, 6.45) is 0.750. The van der Waals surface area contributed by atoms with Crippen molar-refractivity contribution in [3.63, 3.8) is 0 Å². The Kier molecular flexibility index (Phi) is 4.55. The number of hydrogen-bond acceptors (Lipinski definition) is 3. The third-order valence-corrected chi connectivity index (χ3v) is 3.83. The second-order valence-electron chi connectivity index (χ2n) is 5.32. The Morgan fingerprint density at radius 2 is 1.96 bits per heavy atom. The maximum Gasteiger partial charge on any atom is 0.185 e. The summed E-state index contributed by atoms with van der Waals surface area (Å²) in [6, 6.07) is 16.0. The fourth-order valence-electron chi connectivity index (χ4n) is 2.51. The van der Waals surface area contributed by atoms with Crippen LogP contribution in [-0.2, 0) is 6.42 Å². The van der Waals surface area contributed by atoms with Gasteiger partial charge in [0.05, 0.1) is 16.7 Å². The first-order chi connectivity index (χ1) is 11.1. The minimum absolute atomic E-state index is 0.295. The van der Waals surface area contributed by atoms with Gasteiger partial charge in [0.15, 0.2) is 5.11 Å². The van der Waals surface area contributed by atoms with Gasteiger partial charge in [-0.25, -0.2) is 10.4 Å². The molecule has 3 aromatic rings. The summed E-state index contributed by atoms with van der Waals surface area (Å²) in [5.74, 6) is 0.936. The molecule has 1 aromatic heterocycles. The van der Waals surface area contributed by atoms with E-state index in [9.17, 15) is 0 Å². The van der Waals surface area contributed by atoms with Crippen molar-refractivity contribution < 1.29 is 0 Å². The topological polar surface area (TPSA) is 70.0 Å². The van der Waals surface area contributed by atoms with Crippen LogP contribution in [0.15, 0.2) is 48.5 Å². The molecule has 0 aliphatic rings. The molecule has 4 N–H and O–H groups in total. The molecular formula is C17H19N5S. The number of thiocarbonyl (C=S) groups is 1. The number of hydrazine groups is 1. The molecule has 0 saturated carbocycles. The van der Waals surface area contributed by atoms with Crippen LogP contribution >= 0.6 is 12.2 Å². The molecule has 5 nitrogen and oxygen atoms in total. The molecule has 0 aliphatic carbocycles. The number of aromatic nitrogens is 2.